The van der Waals surface area contributed by atoms with Gasteiger partial charge in [-0.05, 0) is 42.7 Å². The molecule has 8 heteroatoms. The summed E-state index contributed by atoms with van der Waals surface area (Å²) in [4.78, 5) is 20.0. The number of amides is 1. The molecule has 32 heavy (non-hydrogen) atoms. The highest BCUT2D eigenvalue weighted by Crippen LogP contribution is 2.40. The maximum Gasteiger partial charge on any atom is 0.251 e. The van der Waals surface area contributed by atoms with Crippen molar-refractivity contribution in [1.29, 1.82) is 0 Å². The minimum Gasteiger partial charge on any atom is -0.497 e. The van der Waals surface area contributed by atoms with Crippen molar-refractivity contribution in [3.8, 4) is 5.75 Å². The number of hydrogen-bond acceptors (Lipinski definition) is 6. The minimum atomic E-state index is -0.557. The molecule has 1 fully saturated rings. The molecule has 1 saturated heterocycles. The smallest absolute Gasteiger partial charge is 0.251 e. The second kappa shape index (κ2) is 8.80. The Balaban J connectivity index is 1.25. The number of likely N-dealkylation sites (tertiary alicyclic amines) is 1. The number of fused-ring (bicyclic) bond motifs is 2. The number of carbonyl (C=O) groups is 1. The first-order valence-electron chi connectivity index (χ1n) is 11.0. The Morgan fingerprint density at radius 1 is 1.28 bits per heavy atom. The highest BCUT2D eigenvalue weighted by Gasteiger charge is 2.47. The van der Waals surface area contributed by atoms with Crippen LogP contribution in [0.5, 0.6) is 5.75 Å². The molecule has 2 aliphatic rings. The Morgan fingerprint density at radius 2 is 2.16 bits per heavy atom. The van der Waals surface area contributed by atoms with Gasteiger partial charge < -0.3 is 23.8 Å². The fourth-order valence-corrected chi connectivity index (χ4v) is 4.66. The lowest BCUT2D eigenvalue weighted by molar-refractivity contribution is -0.174. The topological polar surface area (TPSA) is 81.8 Å². The lowest BCUT2D eigenvalue weighted by Crippen LogP contribution is -2.53. The van der Waals surface area contributed by atoms with Crippen molar-refractivity contribution in [2.45, 2.75) is 44.2 Å². The van der Waals surface area contributed by atoms with E-state index in [2.05, 4.69) is 19.8 Å². The fourth-order valence-electron chi connectivity index (χ4n) is 4.66. The van der Waals surface area contributed by atoms with E-state index in [1.807, 2.05) is 42.6 Å². The van der Waals surface area contributed by atoms with Crippen LogP contribution in [0, 0.1) is 0 Å². The van der Waals surface area contributed by atoms with Gasteiger partial charge in [0.25, 0.3) is 5.91 Å². The van der Waals surface area contributed by atoms with Gasteiger partial charge in [-0.2, -0.15) is 0 Å². The molecule has 1 N–H and O–H groups in total. The quantitative estimate of drug-likeness (QED) is 0.640. The van der Waals surface area contributed by atoms with E-state index in [-0.39, 0.29) is 5.91 Å². The molecule has 3 aromatic rings. The zero-order valence-electron chi connectivity index (χ0n) is 18.2. The van der Waals surface area contributed by atoms with Crippen LogP contribution in [0.15, 0.2) is 59.5 Å². The summed E-state index contributed by atoms with van der Waals surface area (Å²) in [6.45, 7) is 3.38. The molecule has 1 unspecified atom stereocenters. The third kappa shape index (κ3) is 4.16. The van der Waals surface area contributed by atoms with Gasteiger partial charge in [0.05, 0.1) is 26.5 Å². The van der Waals surface area contributed by atoms with Gasteiger partial charge in [-0.1, -0.05) is 12.1 Å². The van der Waals surface area contributed by atoms with Gasteiger partial charge in [0.15, 0.2) is 6.10 Å². The molecule has 4 heterocycles. The summed E-state index contributed by atoms with van der Waals surface area (Å²) in [5.74, 6) is 2.55. The van der Waals surface area contributed by atoms with Crippen LogP contribution >= 0.6 is 0 Å². The SMILES string of the molecule is COc1cccc(CNC(=O)C2Cn3ccnc3C3(CCN(Cc4ccco4)CC3)O2)c1. The molecule has 0 saturated carbocycles. The molecule has 168 valence electrons. The number of rotatable bonds is 6. The average molecular weight is 437 g/mol. The van der Waals surface area contributed by atoms with Crippen LogP contribution in [0.3, 0.4) is 0 Å². The molecular weight excluding hydrogens is 408 g/mol. The monoisotopic (exact) mass is 436 g/mol. The maximum absolute atomic E-state index is 13.0. The molecule has 1 amide bonds. The van der Waals surface area contributed by atoms with Gasteiger partial charge in [0, 0.05) is 32.0 Å². The van der Waals surface area contributed by atoms with Crippen LogP contribution < -0.4 is 10.1 Å². The maximum atomic E-state index is 13.0. The number of benzene rings is 1. The number of hydrogen-bond donors (Lipinski definition) is 1. The number of nitrogens with one attached hydrogen (secondary N) is 1. The van der Waals surface area contributed by atoms with E-state index in [4.69, 9.17) is 13.9 Å². The predicted molar refractivity (Wildman–Crippen MR) is 117 cm³/mol. The summed E-state index contributed by atoms with van der Waals surface area (Å²) in [5, 5.41) is 3.03. The van der Waals surface area contributed by atoms with E-state index < -0.39 is 11.7 Å². The van der Waals surface area contributed by atoms with E-state index in [0.29, 0.717) is 13.1 Å². The van der Waals surface area contributed by atoms with Crippen LogP contribution in [0.4, 0.5) is 0 Å². The Bertz CT molecular complexity index is 1050. The van der Waals surface area contributed by atoms with Crippen molar-refractivity contribution in [3.63, 3.8) is 0 Å². The summed E-state index contributed by atoms with van der Waals surface area (Å²) in [5.41, 5.74) is 0.442. The van der Waals surface area contributed by atoms with E-state index in [1.165, 1.54) is 0 Å². The van der Waals surface area contributed by atoms with Crippen molar-refractivity contribution in [2.75, 3.05) is 20.2 Å². The first-order valence-corrected chi connectivity index (χ1v) is 11.0. The van der Waals surface area contributed by atoms with Crippen LogP contribution in [-0.4, -0.2) is 46.7 Å². The molecule has 1 aromatic carbocycles. The largest absolute Gasteiger partial charge is 0.497 e. The van der Waals surface area contributed by atoms with Crippen LogP contribution in [0.1, 0.15) is 30.0 Å². The third-order valence-electron chi connectivity index (χ3n) is 6.37. The zero-order valence-corrected chi connectivity index (χ0v) is 18.2. The number of ether oxygens (including phenoxy) is 2. The molecular formula is C24H28N4O4. The van der Waals surface area contributed by atoms with E-state index >= 15 is 0 Å². The van der Waals surface area contributed by atoms with Crippen LogP contribution in [0.2, 0.25) is 0 Å². The van der Waals surface area contributed by atoms with E-state index in [0.717, 1.165) is 55.4 Å². The van der Waals surface area contributed by atoms with Gasteiger partial charge in [-0.15, -0.1) is 0 Å². The average Bonchev–Trinajstić information content (AvgIpc) is 3.52. The minimum absolute atomic E-state index is 0.107. The fraction of sp³-hybridized carbons (Fsp3) is 0.417. The van der Waals surface area contributed by atoms with Crippen molar-refractivity contribution in [3.05, 3.63) is 72.2 Å². The molecule has 1 atom stereocenters. The number of aromatic nitrogens is 2. The number of methoxy groups -OCH3 is 1. The number of piperidine rings is 1. The standard InChI is InChI=1S/C24H28N4O4/c1-30-19-5-2-4-18(14-19)15-26-22(29)21-17-28-12-9-25-23(28)24(32-21)7-10-27(11-8-24)16-20-6-3-13-31-20/h2-6,9,12-14,21H,7-8,10-11,15-17H2,1H3,(H,26,29). The van der Waals surface area contributed by atoms with Crippen LogP contribution in [-0.2, 0) is 34.8 Å². The second-order valence-corrected chi connectivity index (χ2v) is 8.43. The Hall–Kier alpha value is -3.10. The molecule has 2 aliphatic heterocycles. The predicted octanol–water partition coefficient (Wildman–Crippen LogP) is 2.69. The number of imidazole rings is 1. The number of furan rings is 1. The van der Waals surface area contributed by atoms with Gasteiger partial charge in [-0.25, -0.2) is 4.98 Å². The lowest BCUT2D eigenvalue weighted by Gasteiger charge is -2.45. The molecule has 0 radical (unpaired) electrons. The lowest BCUT2D eigenvalue weighted by atomic mass is 9.88. The van der Waals surface area contributed by atoms with Crippen molar-refractivity contribution < 1.29 is 18.7 Å². The molecule has 1 spiro atoms. The van der Waals surface area contributed by atoms with Gasteiger partial charge >= 0.3 is 0 Å². The summed E-state index contributed by atoms with van der Waals surface area (Å²) in [6.07, 6.45) is 6.45. The van der Waals surface area contributed by atoms with Crippen molar-refractivity contribution >= 4 is 5.91 Å². The summed E-state index contributed by atoms with van der Waals surface area (Å²) in [6, 6.07) is 11.6. The van der Waals surface area contributed by atoms with Gasteiger partial charge in [-0.3, -0.25) is 9.69 Å². The summed E-state index contributed by atoms with van der Waals surface area (Å²) < 4.78 is 19.3. The van der Waals surface area contributed by atoms with Gasteiger partial charge in [0.2, 0.25) is 0 Å². The van der Waals surface area contributed by atoms with Crippen molar-refractivity contribution in [1.82, 2.24) is 19.8 Å². The molecule has 8 nitrogen and oxygen atoms in total. The van der Waals surface area contributed by atoms with Gasteiger partial charge in [0.1, 0.15) is 22.9 Å². The Morgan fingerprint density at radius 3 is 2.94 bits per heavy atom. The van der Waals surface area contributed by atoms with E-state index in [9.17, 15) is 4.79 Å². The summed E-state index contributed by atoms with van der Waals surface area (Å²) >= 11 is 0. The number of carbonyl (C=O) groups excluding carboxylic acids is 1. The van der Waals surface area contributed by atoms with E-state index in [1.54, 1.807) is 19.6 Å². The summed E-state index contributed by atoms with van der Waals surface area (Å²) in [7, 11) is 1.63. The normalized spacial score (nSPS) is 20.1. The Kier molecular flexibility index (Phi) is 5.71. The van der Waals surface area contributed by atoms with Crippen LogP contribution in [0.25, 0.3) is 0 Å². The molecule has 0 bridgehead atoms. The molecule has 2 aromatic heterocycles. The zero-order chi connectivity index (χ0) is 22.0. The number of nitrogens with zero attached hydrogens (tertiary/aromatic N) is 3. The first kappa shape index (κ1) is 20.8. The Labute approximate surface area is 187 Å². The highest BCUT2D eigenvalue weighted by molar-refractivity contribution is 5.81. The third-order valence-corrected chi connectivity index (χ3v) is 6.37. The molecule has 0 aliphatic carbocycles. The first-order chi connectivity index (χ1) is 15.6. The highest BCUT2D eigenvalue weighted by atomic mass is 16.5. The molecule has 5 rings (SSSR count). The second-order valence-electron chi connectivity index (χ2n) is 8.43. The van der Waals surface area contributed by atoms with Crippen molar-refractivity contribution in [2.24, 2.45) is 0 Å².